The molecule has 0 unspecified atom stereocenters. The summed E-state index contributed by atoms with van der Waals surface area (Å²) in [5.74, 6) is -0.719. The molecular formula is C18H13FN4OSSe. The Morgan fingerprint density at radius 2 is 2.12 bits per heavy atom. The van der Waals surface area contributed by atoms with Crippen molar-refractivity contribution in [3.63, 3.8) is 0 Å². The van der Waals surface area contributed by atoms with Crippen molar-refractivity contribution in [3.8, 4) is 20.8 Å². The van der Waals surface area contributed by atoms with Crippen molar-refractivity contribution in [3.05, 3.63) is 64.3 Å². The van der Waals surface area contributed by atoms with Crippen LogP contribution in [0.25, 0.3) is 20.8 Å². The van der Waals surface area contributed by atoms with Crippen LogP contribution in [0.1, 0.15) is 9.23 Å². The molecule has 0 aliphatic rings. The Labute approximate surface area is 158 Å². The third-order valence-electron chi connectivity index (χ3n) is 3.74. The van der Waals surface area contributed by atoms with E-state index in [9.17, 15) is 9.18 Å². The zero-order valence-electron chi connectivity index (χ0n) is 13.6. The van der Waals surface area contributed by atoms with E-state index in [2.05, 4.69) is 15.4 Å². The van der Waals surface area contributed by atoms with E-state index in [0.29, 0.717) is 4.44 Å². The van der Waals surface area contributed by atoms with Gasteiger partial charge in [-0.2, -0.15) is 0 Å². The average molecular weight is 431 g/mol. The first-order chi connectivity index (χ1) is 12.6. The van der Waals surface area contributed by atoms with E-state index in [1.807, 2.05) is 24.6 Å². The van der Waals surface area contributed by atoms with Gasteiger partial charge >= 0.3 is 159 Å². The van der Waals surface area contributed by atoms with Crippen molar-refractivity contribution in [1.29, 1.82) is 0 Å². The number of halogens is 1. The Kier molecular flexibility index (Phi) is 4.55. The Balaban J connectivity index is 1.58. The van der Waals surface area contributed by atoms with Crippen LogP contribution in [0.15, 0.2) is 54.0 Å². The summed E-state index contributed by atoms with van der Waals surface area (Å²) in [7, 11) is 1.88. The van der Waals surface area contributed by atoms with Crippen LogP contribution in [-0.4, -0.2) is 35.2 Å². The maximum absolute atomic E-state index is 13.7. The van der Waals surface area contributed by atoms with E-state index in [0.717, 1.165) is 20.8 Å². The third kappa shape index (κ3) is 3.26. The second-order valence-corrected chi connectivity index (χ2v) is 8.64. The summed E-state index contributed by atoms with van der Waals surface area (Å²) in [6.07, 6.45) is 1.75. The summed E-state index contributed by atoms with van der Waals surface area (Å²) in [6, 6.07) is 11.9. The van der Waals surface area contributed by atoms with Gasteiger partial charge in [0.15, 0.2) is 0 Å². The molecular weight excluding hydrogens is 418 g/mol. The molecule has 0 bridgehead atoms. The number of aryl methyl sites for hydroxylation is 1. The molecule has 0 aliphatic heterocycles. The van der Waals surface area contributed by atoms with Crippen molar-refractivity contribution >= 4 is 37.4 Å². The number of anilines is 1. The van der Waals surface area contributed by atoms with Crippen LogP contribution in [-0.2, 0) is 7.05 Å². The Bertz CT molecular complexity index is 1070. The van der Waals surface area contributed by atoms with Crippen LogP contribution < -0.4 is 5.32 Å². The molecule has 0 saturated heterocycles. The van der Waals surface area contributed by atoms with Gasteiger partial charge in [-0.05, 0) is 0 Å². The minimum absolute atomic E-state index is 0.177. The summed E-state index contributed by atoms with van der Waals surface area (Å²) in [4.78, 5) is 16.7. The fourth-order valence-electron chi connectivity index (χ4n) is 2.50. The SMILES string of the molecule is Cn1nc(-c2nccs2)cc1-c1ccc(C(=O)Nc2ccccc2F)[se]1. The standard InChI is InChI=1S/C18H13FN4OSSe/c1-23-14(10-13(22-23)18-20-8-9-25-18)15-6-7-16(26-15)17(24)21-12-5-3-2-4-11(12)19/h2-10H,1H3,(H,21,24). The summed E-state index contributed by atoms with van der Waals surface area (Å²) in [5, 5.41) is 9.92. The summed E-state index contributed by atoms with van der Waals surface area (Å²) < 4.78 is 17.2. The van der Waals surface area contributed by atoms with Gasteiger partial charge in [0, 0.05) is 0 Å². The first kappa shape index (κ1) is 16.9. The Morgan fingerprint density at radius 3 is 2.88 bits per heavy atom. The minimum atomic E-state index is -0.445. The first-order valence-electron chi connectivity index (χ1n) is 7.72. The summed E-state index contributed by atoms with van der Waals surface area (Å²) in [5.41, 5.74) is 1.97. The van der Waals surface area contributed by atoms with Crippen LogP contribution in [0.3, 0.4) is 0 Å². The zero-order chi connectivity index (χ0) is 18.1. The van der Waals surface area contributed by atoms with Crippen LogP contribution in [0.5, 0.6) is 0 Å². The van der Waals surface area contributed by atoms with Gasteiger partial charge in [-0.3, -0.25) is 0 Å². The molecule has 0 spiro atoms. The molecule has 26 heavy (non-hydrogen) atoms. The second kappa shape index (κ2) is 6.99. The van der Waals surface area contributed by atoms with Crippen molar-refractivity contribution in [2.45, 2.75) is 0 Å². The van der Waals surface area contributed by atoms with E-state index in [1.165, 1.54) is 17.4 Å². The quantitative estimate of drug-likeness (QED) is 0.502. The van der Waals surface area contributed by atoms with E-state index in [-0.39, 0.29) is 26.1 Å². The number of carbonyl (C=O) groups is 1. The van der Waals surface area contributed by atoms with Gasteiger partial charge in [-0.25, -0.2) is 0 Å². The topological polar surface area (TPSA) is 59.8 Å². The molecule has 1 N–H and O–H groups in total. The molecule has 4 rings (SSSR count). The number of carbonyl (C=O) groups excluding carboxylic acids is 1. The molecule has 130 valence electrons. The number of nitrogens with zero attached hydrogens (tertiary/aromatic N) is 3. The van der Waals surface area contributed by atoms with Gasteiger partial charge < -0.3 is 0 Å². The number of para-hydroxylation sites is 1. The average Bonchev–Trinajstić information content (AvgIpc) is 3.36. The van der Waals surface area contributed by atoms with E-state index >= 15 is 0 Å². The van der Waals surface area contributed by atoms with Gasteiger partial charge in [-0.15, -0.1) is 0 Å². The molecule has 1 amide bonds. The number of aromatic nitrogens is 3. The number of rotatable bonds is 4. The molecule has 0 atom stereocenters. The molecule has 3 heterocycles. The van der Waals surface area contributed by atoms with E-state index in [1.54, 1.807) is 35.1 Å². The zero-order valence-corrected chi connectivity index (χ0v) is 16.2. The van der Waals surface area contributed by atoms with Crippen LogP contribution >= 0.6 is 11.3 Å². The number of hydrogen-bond acceptors (Lipinski definition) is 4. The van der Waals surface area contributed by atoms with Crippen molar-refractivity contribution in [2.24, 2.45) is 7.05 Å². The molecule has 0 saturated carbocycles. The van der Waals surface area contributed by atoms with Gasteiger partial charge in [0.05, 0.1) is 0 Å². The molecule has 4 aromatic rings. The van der Waals surface area contributed by atoms with Gasteiger partial charge in [0.1, 0.15) is 0 Å². The van der Waals surface area contributed by atoms with Gasteiger partial charge in [-0.1, -0.05) is 0 Å². The van der Waals surface area contributed by atoms with Crippen molar-refractivity contribution in [1.82, 2.24) is 14.8 Å². The molecule has 8 heteroatoms. The van der Waals surface area contributed by atoms with E-state index < -0.39 is 5.82 Å². The molecule has 5 nitrogen and oxygen atoms in total. The fourth-order valence-corrected chi connectivity index (χ4v) is 5.08. The summed E-state index contributed by atoms with van der Waals surface area (Å²) >= 11 is 1.36. The molecule has 0 fully saturated rings. The van der Waals surface area contributed by atoms with E-state index in [4.69, 9.17) is 0 Å². The van der Waals surface area contributed by atoms with Crippen LogP contribution in [0, 0.1) is 5.82 Å². The number of amides is 1. The molecule has 0 radical (unpaired) electrons. The molecule has 3 aromatic heterocycles. The maximum atomic E-state index is 13.7. The van der Waals surface area contributed by atoms with Gasteiger partial charge in [0.2, 0.25) is 0 Å². The second-order valence-electron chi connectivity index (χ2n) is 5.47. The van der Waals surface area contributed by atoms with Crippen LogP contribution in [0.2, 0.25) is 0 Å². The monoisotopic (exact) mass is 432 g/mol. The predicted molar refractivity (Wildman–Crippen MR) is 101 cm³/mol. The first-order valence-corrected chi connectivity index (χ1v) is 10.3. The Morgan fingerprint density at radius 1 is 1.27 bits per heavy atom. The third-order valence-corrected chi connectivity index (χ3v) is 6.85. The number of benzene rings is 1. The Hall–Kier alpha value is -2.54. The molecule has 1 aromatic carbocycles. The molecule has 0 aliphatic carbocycles. The van der Waals surface area contributed by atoms with Crippen molar-refractivity contribution in [2.75, 3.05) is 5.32 Å². The van der Waals surface area contributed by atoms with Crippen LogP contribution in [0.4, 0.5) is 10.1 Å². The number of thiazole rings is 1. The fraction of sp³-hybridized carbons (Fsp3) is 0.0556. The van der Waals surface area contributed by atoms with Crippen molar-refractivity contribution < 1.29 is 9.18 Å². The van der Waals surface area contributed by atoms with Gasteiger partial charge in [0.25, 0.3) is 0 Å². The number of hydrogen-bond donors (Lipinski definition) is 1. The summed E-state index contributed by atoms with van der Waals surface area (Å²) in [6.45, 7) is 0. The predicted octanol–water partition coefficient (Wildman–Crippen LogP) is 3.66. The normalized spacial score (nSPS) is 10.8. The number of nitrogens with one attached hydrogen (secondary N) is 1.